The van der Waals surface area contributed by atoms with Crippen LogP contribution in [-0.2, 0) is 0 Å². The largest absolute Gasteiger partial charge is 0.495 e. The number of nitro groups is 1. The summed E-state index contributed by atoms with van der Waals surface area (Å²) in [6.45, 7) is 5.26. The quantitative estimate of drug-likeness (QED) is 0.469. The van der Waals surface area contributed by atoms with Gasteiger partial charge in [0.2, 0.25) is 0 Å². The van der Waals surface area contributed by atoms with Gasteiger partial charge in [-0.3, -0.25) is 15.1 Å². The minimum atomic E-state index is -0.396. The van der Waals surface area contributed by atoms with Gasteiger partial charge < -0.3 is 9.64 Å². The predicted molar refractivity (Wildman–Crippen MR) is 102 cm³/mol. The topological polar surface area (TPSA) is 71.2 Å². The van der Waals surface area contributed by atoms with Crippen LogP contribution in [0.4, 0.5) is 11.4 Å². The van der Waals surface area contributed by atoms with E-state index in [9.17, 15) is 10.1 Å². The molecule has 1 saturated heterocycles. The molecule has 2 aromatic carbocycles. The van der Waals surface area contributed by atoms with Crippen LogP contribution in [0.15, 0.2) is 53.6 Å². The van der Waals surface area contributed by atoms with Crippen LogP contribution in [-0.4, -0.2) is 48.9 Å². The van der Waals surface area contributed by atoms with Crippen molar-refractivity contribution in [1.29, 1.82) is 0 Å². The molecule has 1 heterocycles. The summed E-state index contributed by atoms with van der Waals surface area (Å²) < 4.78 is 5.44. The van der Waals surface area contributed by atoms with E-state index in [1.165, 1.54) is 12.1 Å². The minimum Gasteiger partial charge on any atom is -0.495 e. The van der Waals surface area contributed by atoms with E-state index < -0.39 is 4.92 Å². The summed E-state index contributed by atoms with van der Waals surface area (Å²) in [7, 11) is 1.69. The highest BCUT2D eigenvalue weighted by atomic mass is 16.6. The van der Waals surface area contributed by atoms with Gasteiger partial charge in [0.25, 0.3) is 5.69 Å². The summed E-state index contributed by atoms with van der Waals surface area (Å²) in [6, 6.07) is 14.5. The van der Waals surface area contributed by atoms with Crippen LogP contribution in [0.1, 0.15) is 12.5 Å². The lowest BCUT2D eigenvalue weighted by molar-refractivity contribution is -0.384. The van der Waals surface area contributed by atoms with Crippen LogP contribution in [0.2, 0.25) is 0 Å². The average Bonchev–Trinajstić information content (AvgIpc) is 2.68. The van der Waals surface area contributed by atoms with Gasteiger partial charge in [-0.1, -0.05) is 12.1 Å². The molecular formula is C19H22N4O3. The fourth-order valence-corrected chi connectivity index (χ4v) is 3.02. The molecule has 0 radical (unpaired) electrons. The van der Waals surface area contributed by atoms with E-state index in [1.54, 1.807) is 19.2 Å². The Labute approximate surface area is 152 Å². The smallest absolute Gasteiger partial charge is 0.269 e. The summed E-state index contributed by atoms with van der Waals surface area (Å²) in [5, 5.41) is 17.5. The molecule has 0 N–H and O–H groups in total. The van der Waals surface area contributed by atoms with Crippen LogP contribution in [0.25, 0.3) is 0 Å². The number of methoxy groups -OCH3 is 1. The number of hydrogen-bond donors (Lipinski definition) is 0. The number of benzene rings is 2. The number of ether oxygens (including phenoxy) is 1. The second kappa shape index (κ2) is 7.86. The van der Waals surface area contributed by atoms with E-state index in [4.69, 9.17) is 4.74 Å². The molecule has 0 bridgehead atoms. The van der Waals surface area contributed by atoms with Gasteiger partial charge in [-0.2, -0.15) is 5.10 Å². The summed E-state index contributed by atoms with van der Waals surface area (Å²) in [5.74, 6) is 0.881. The second-order valence-corrected chi connectivity index (χ2v) is 6.10. The molecule has 0 aliphatic carbocycles. The van der Waals surface area contributed by atoms with Crippen molar-refractivity contribution in [1.82, 2.24) is 5.01 Å². The zero-order valence-corrected chi connectivity index (χ0v) is 15.0. The van der Waals surface area contributed by atoms with Gasteiger partial charge in [-0.05, 0) is 36.8 Å². The number of nitrogens with zero attached hydrogens (tertiary/aromatic N) is 4. The first kappa shape index (κ1) is 17.7. The molecule has 26 heavy (non-hydrogen) atoms. The molecule has 2 aromatic rings. The van der Waals surface area contributed by atoms with E-state index in [0.29, 0.717) is 0 Å². The molecule has 0 saturated carbocycles. The predicted octanol–water partition coefficient (Wildman–Crippen LogP) is 3.15. The van der Waals surface area contributed by atoms with Crippen molar-refractivity contribution >= 4 is 17.1 Å². The van der Waals surface area contributed by atoms with Gasteiger partial charge in [0, 0.05) is 25.2 Å². The maximum absolute atomic E-state index is 10.7. The number of hydrazone groups is 1. The number of rotatable bonds is 5. The Balaban J connectivity index is 1.64. The van der Waals surface area contributed by atoms with Crippen molar-refractivity contribution in [3.05, 3.63) is 64.2 Å². The summed E-state index contributed by atoms with van der Waals surface area (Å²) >= 11 is 0. The Morgan fingerprint density at radius 2 is 1.73 bits per heavy atom. The van der Waals surface area contributed by atoms with Crippen molar-refractivity contribution in [3.63, 3.8) is 0 Å². The maximum Gasteiger partial charge on any atom is 0.269 e. The number of nitro benzene ring substituents is 1. The molecule has 1 aliphatic heterocycles. The van der Waals surface area contributed by atoms with Crippen LogP contribution in [0.3, 0.4) is 0 Å². The molecule has 3 rings (SSSR count). The Bertz CT molecular complexity index is 797. The molecular weight excluding hydrogens is 332 g/mol. The van der Waals surface area contributed by atoms with Crippen LogP contribution in [0.5, 0.6) is 5.75 Å². The normalized spacial score (nSPS) is 15.1. The van der Waals surface area contributed by atoms with E-state index in [-0.39, 0.29) is 5.69 Å². The van der Waals surface area contributed by atoms with E-state index in [1.807, 2.05) is 30.1 Å². The van der Waals surface area contributed by atoms with Crippen molar-refractivity contribution in [2.24, 2.45) is 5.10 Å². The zero-order valence-electron chi connectivity index (χ0n) is 15.0. The third kappa shape index (κ3) is 3.93. The first-order valence-electron chi connectivity index (χ1n) is 8.51. The van der Waals surface area contributed by atoms with Crippen LogP contribution < -0.4 is 9.64 Å². The first-order chi connectivity index (χ1) is 12.6. The van der Waals surface area contributed by atoms with Crippen LogP contribution >= 0.6 is 0 Å². The highest BCUT2D eigenvalue weighted by Gasteiger charge is 2.19. The number of piperazine rings is 1. The molecule has 0 unspecified atom stereocenters. The van der Waals surface area contributed by atoms with Gasteiger partial charge in [0.15, 0.2) is 0 Å². The SMILES string of the molecule is COc1ccccc1N1CCN(/N=C(/C)c2ccc([N+](=O)[O-])cc2)CC1. The van der Waals surface area contributed by atoms with Crippen LogP contribution in [0, 0.1) is 10.1 Å². The van der Waals surface area contributed by atoms with Crippen molar-refractivity contribution in [2.45, 2.75) is 6.92 Å². The van der Waals surface area contributed by atoms with Gasteiger partial charge in [0.1, 0.15) is 5.75 Å². The lowest BCUT2D eigenvalue weighted by Crippen LogP contribution is -2.44. The highest BCUT2D eigenvalue weighted by Crippen LogP contribution is 2.28. The third-order valence-corrected chi connectivity index (χ3v) is 4.47. The fraction of sp³-hybridized carbons (Fsp3) is 0.316. The van der Waals surface area contributed by atoms with E-state index in [2.05, 4.69) is 16.1 Å². The summed E-state index contributed by atoms with van der Waals surface area (Å²) in [4.78, 5) is 12.6. The number of hydrogen-bond acceptors (Lipinski definition) is 6. The van der Waals surface area contributed by atoms with E-state index >= 15 is 0 Å². The Morgan fingerprint density at radius 3 is 2.35 bits per heavy atom. The molecule has 1 fully saturated rings. The van der Waals surface area contributed by atoms with Crippen molar-refractivity contribution in [3.8, 4) is 5.75 Å². The van der Waals surface area contributed by atoms with E-state index in [0.717, 1.165) is 48.9 Å². The Hall–Kier alpha value is -3.09. The molecule has 0 atom stereocenters. The second-order valence-electron chi connectivity index (χ2n) is 6.10. The third-order valence-electron chi connectivity index (χ3n) is 4.47. The Kier molecular flexibility index (Phi) is 5.36. The van der Waals surface area contributed by atoms with Crippen molar-refractivity contribution < 1.29 is 9.66 Å². The average molecular weight is 354 g/mol. The lowest BCUT2D eigenvalue weighted by atomic mass is 10.1. The molecule has 7 heteroatoms. The molecule has 7 nitrogen and oxygen atoms in total. The standard InChI is InChI=1S/C19H22N4O3/c1-15(16-7-9-17(10-8-16)23(24)25)20-22-13-11-21(12-14-22)18-5-3-4-6-19(18)26-2/h3-10H,11-14H2,1-2H3/b20-15-. The van der Waals surface area contributed by atoms with Gasteiger partial charge in [0.05, 0.1) is 36.5 Å². The van der Waals surface area contributed by atoms with Gasteiger partial charge in [-0.15, -0.1) is 0 Å². The minimum absolute atomic E-state index is 0.0898. The summed E-state index contributed by atoms with van der Waals surface area (Å²) in [6.07, 6.45) is 0. The molecule has 136 valence electrons. The molecule has 0 aromatic heterocycles. The highest BCUT2D eigenvalue weighted by molar-refractivity contribution is 5.98. The molecule has 1 aliphatic rings. The zero-order chi connectivity index (χ0) is 18.5. The van der Waals surface area contributed by atoms with Gasteiger partial charge >= 0.3 is 0 Å². The number of non-ortho nitro benzene ring substituents is 1. The maximum atomic E-state index is 10.7. The first-order valence-corrected chi connectivity index (χ1v) is 8.51. The number of para-hydroxylation sites is 2. The lowest BCUT2D eigenvalue weighted by Gasteiger charge is -2.35. The molecule has 0 amide bonds. The number of anilines is 1. The Morgan fingerprint density at radius 1 is 1.08 bits per heavy atom. The van der Waals surface area contributed by atoms with Gasteiger partial charge in [-0.25, -0.2) is 0 Å². The summed E-state index contributed by atoms with van der Waals surface area (Å²) in [5.41, 5.74) is 2.94. The van der Waals surface area contributed by atoms with Crippen molar-refractivity contribution in [2.75, 3.05) is 38.2 Å². The fourth-order valence-electron chi connectivity index (χ4n) is 3.02. The molecule has 0 spiro atoms. The monoisotopic (exact) mass is 354 g/mol.